The summed E-state index contributed by atoms with van der Waals surface area (Å²) in [6.45, 7) is 9.15. The van der Waals surface area contributed by atoms with Crippen molar-refractivity contribution < 1.29 is 17.9 Å². The number of hydrogen-bond acceptors (Lipinski definition) is 8. The summed E-state index contributed by atoms with van der Waals surface area (Å²) in [5.74, 6) is 1.79. The zero-order valence-electron chi connectivity index (χ0n) is 27.2. The van der Waals surface area contributed by atoms with E-state index in [1.54, 1.807) is 6.07 Å². The number of benzene rings is 1. The van der Waals surface area contributed by atoms with E-state index in [-0.39, 0.29) is 28.9 Å². The normalized spacial score (nSPS) is 22.0. The van der Waals surface area contributed by atoms with E-state index in [0.717, 1.165) is 54.0 Å². The van der Waals surface area contributed by atoms with Crippen molar-refractivity contribution in [3.05, 3.63) is 77.4 Å². The third-order valence-corrected chi connectivity index (χ3v) is 9.60. The van der Waals surface area contributed by atoms with E-state index in [1.165, 1.54) is 6.07 Å². The Hall–Kier alpha value is -4.23. The second kappa shape index (κ2) is 11.8. The maximum absolute atomic E-state index is 13.3. The minimum absolute atomic E-state index is 0.148. The van der Waals surface area contributed by atoms with E-state index < -0.39 is 16.1 Å². The molecular weight excluding hydrogens is 604 g/mol. The molecule has 3 atom stereocenters. The van der Waals surface area contributed by atoms with Gasteiger partial charge in [0.05, 0.1) is 29.7 Å². The van der Waals surface area contributed by atoms with Crippen LogP contribution >= 0.6 is 0 Å². The summed E-state index contributed by atoms with van der Waals surface area (Å²) in [6, 6.07) is 14.5. The van der Waals surface area contributed by atoms with Gasteiger partial charge in [0.1, 0.15) is 17.7 Å². The van der Waals surface area contributed by atoms with Crippen LogP contribution in [0.3, 0.4) is 0 Å². The Balaban J connectivity index is 1.19. The first-order valence-electron chi connectivity index (χ1n) is 15.6. The van der Waals surface area contributed by atoms with Crippen LogP contribution in [0, 0.1) is 0 Å². The highest BCUT2D eigenvalue weighted by molar-refractivity contribution is 7.92. The van der Waals surface area contributed by atoms with Gasteiger partial charge >= 0.3 is 6.03 Å². The van der Waals surface area contributed by atoms with Gasteiger partial charge in [-0.15, -0.1) is 10.2 Å². The number of sulfonamides is 1. The van der Waals surface area contributed by atoms with E-state index in [4.69, 9.17) is 4.74 Å². The molecule has 4 heterocycles. The van der Waals surface area contributed by atoms with Crippen LogP contribution in [-0.2, 0) is 21.0 Å². The summed E-state index contributed by atoms with van der Waals surface area (Å²) < 4.78 is 34.8. The highest BCUT2D eigenvalue weighted by atomic mass is 32.2. The predicted octanol–water partition coefficient (Wildman–Crippen LogP) is 5.51. The number of anilines is 2. The highest BCUT2D eigenvalue weighted by Crippen LogP contribution is 2.40. The molecule has 0 bridgehead atoms. The quantitative estimate of drug-likeness (QED) is 0.239. The van der Waals surface area contributed by atoms with E-state index in [1.807, 2.05) is 67.8 Å². The topological polar surface area (TPSA) is 143 Å². The number of amides is 2. The molecule has 1 aliphatic heterocycles. The van der Waals surface area contributed by atoms with Crippen LogP contribution in [0.5, 0.6) is 5.75 Å². The van der Waals surface area contributed by atoms with Crippen LogP contribution in [0.25, 0.3) is 5.65 Å². The zero-order valence-corrected chi connectivity index (χ0v) is 28.0. The number of urea groups is 1. The van der Waals surface area contributed by atoms with Gasteiger partial charge in [-0.05, 0) is 75.5 Å². The van der Waals surface area contributed by atoms with Crippen molar-refractivity contribution in [1.82, 2.24) is 29.8 Å². The lowest BCUT2D eigenvalue weighted by Crippen LogP contribution is -2.37. The number of nitrogens with one attached hydrogen (secondary N) is 3. The molecule has 1 aromatic carbocycles. The van der Waals surface area contributed by atoms with Gasteiger partial charge in [0.15, 0.2) is 11.5 Å². The molecule has 0 spiro atoms. The average Bonchev–Trinajstić information content (AvgIpc) is 3.55. The van der Waals surface area contributed by atoms with Crippen LogP contribution in [0.2, 0.25) is 0 Å². The van der Waals surface area contributed by atoms with Gasteiger partial charge < -0.3 is 15.4 Å². The van der Waals surface area contributed by atoms with E-state index in [0.29, 0.717) is 24.2 Å². The molecule has 1 aliphatic carbocycles. The van der Waals surface area contributed by atoms with Gasteiger partial charge in [0, 0.05) is 17.2 Å². The molecule has 244 valence electrons. The molecule has 0 radical (unpaired) electrons. The Morgan fingerprint density at radius 1 is 1.07 bits per heavy atom. The van der Waals surface area contributed by atoms with Gasteiger partial charge in [-0.25, -0.2) is 18.2 Å². The minimum atomic E-state index is -3.55. The van der Waals surface area contributed by atoms with Crippen LogP contribution in [-0.4, -0.2) is 58.8 Å². The number of carbonyl (C=O) groups excluding carboxylic acids is 1. The molecule has 46 heavy (non-hydrogen) atoms. The first-order valence-corrected chi connectivity index (χ1v) is 17.5. The number of ether oxygens (including phenoxy) is 1. The number of fused-ring (bicyclic) bond motifs is 2. The Kier molecular flexibility index (Phi) is 8.18. The molecule has 12 nitrogen and oxygen atoms in total. The summed E-state index contributed by atoms with van der Waals surface area (Å²) in [5, 5.41) is 15.0. The lowest BCUT2D eigenvalue weighted by Gasteiger charge is -2.32. The van der Waals surface area contributed by atoms with Gasteiger partial charge in [-0.2, -0.15) is 0 Å². The van der Waals surface area contributed by atoms with Gasteiger partial charge in [0.25, 0.3) is 0 Å². The zero-order chi connectivity index (χ0) is 32.9. The molecule has 4 aromatic rings. The van der Waals surface area contributed by atoms with Crippen LogP contribution < -0.4 is 20.1 Å². The standard InChI is InChI=1S/C33H42N8O4S/c1-32(2,3)27-18-21(19-28(36-27)39-46(6,43)44)34-31(42)35-25-13-14-26(24-11-8-7-10-23(24)25)45-22-12-15-29-37-38-30(41(29)20-22)33(4)16-9-17-40(33)5/h7-8,10-12,15,18-20,25-26H,9,13-14,16-17H2,1-6H3,(H3,34,35,36,39,42)/t25-,26+,33?/m0/s1. The summed E-state index contributed by atoms with van der Waals surface area (Å²) in [5.41, 5.74) is 3.31. The van der Waals surface area contributed by atoms with Gasteiger partial charge in [-0.3, -0.25) is 14.0 Å². The summed E-state index contributed by atoms with van der Waals surface area (Å²) in [7, 11) is -1.42. The Morgan fingerprint density at radius 2 is 1.83 bits per heavy atom. The maximum Gasteiger partial charge on any atom is 0.319 e. The number of rotatable bonds is 7. The van der Waals surface area contributed by atoms with Crippen molar-refractivity contribution >= 4 is 33.2 Å². The first kappa shape index (κ1) is 31.7. The number of pyridine rings is 2. The average molecular weight is 647 g/mol. The molecule has 3 aromatic heterocycles. The fourth-order valence-corrected chi connectivity index (χ4v) is 6.91. The van der Waals surface area contributed by atoms with Crippen molar-refractivity contribution in [1.29, 1.82) is 0 Å². The van der Waals surface area contributed by atoms with Crippen LogP contribution in [0.1, 0.15) is 88.2 Å². The second-order valence-electron chi connectivity index (χ2n) is 13.6. The van der Waals surface area contributed by atoms with Gasteiger partial charge in [-0.1, -0.05) is 45.0 Å². The third-order valence-electron chi connectivity index (χ3n) is 9.02. The third kappa shape index (κ3) is 6.52. The lowest BCUT2D eigenvalue weighted by molar-refractivity contribution is 0.170. The first-order chi connectivity index (χ1) is 21.7. The second-order valence-corrected chi connectivity index (χ2v) is 15.4. The molecule has 0 saturated carbocycles. The number of likely N-dealkylation sites (tertiary alicyclic amines) is 1. The fourth-order valence-electron chi connectivity index (χ4n) is 6.43. The predicted molar refractivity (Wildman–Crippen MR) is 178 cm³/mol. The number of carbonyl (C=O) groups is 1. The molecule has 3 N–H and O–H groups in total. The number of aromatic nitrogens is 4. The molecule has 2 amide bonds. The van der Waals surface area contributed by atoms with Crippen molar-refractivity contribution in [2.75, 3.05) is 29.9 Å². The van der Waals surface area contributed by atoms with Crippen molar-refractivity contribution in [2.24, 2.45) is 0 Å². The van der Waals surface area contributed by atoms with Crippen molar-refractivity contribution in [3.8, 4) is 5.75 Å². The van der Waals surface area contributed by atoms with E-state index in [2.05, 4.69) is 49.4 Å². The van der Waals surface area contributed by atoms with Crippen LogP contribution in [0.4, 0.5) is 16.3 Å². The Bertz CT molecular complexity index is 1890. The number of hydrogen-bond donors (Lipinski definition) is 3. The fraction of sp³-hybridized carbons (Fsp3) is 0.455. The Morgan fingerprint density at radius 3 is 2.52 bits per heavy atom. The van der Waals surface area contributed by atoms with Crippen molar-refractivity contribution in [2.45, 2.75) is 76.5 Å². The van der Waals surface area contributed by atoms with Crippen LogP contribution in [0.15, 0.2) is 54.7 Å². The van der Waals surface area contributed by atoms with E-state index in [9.17, 15) is 13.2 Å². The minimum Gasteiger partial charge on any atom is -0.484 e. The molecule has 2 aliphatic rings. The molecule has 1 saturated heterocycles. The number of nitrogens with zero attached hydrogens (tertiary/aromatic N) is 5. The monoisotopic (exact) mass is 646 g/mol. The molecule has 1 fully saturated rings. The largest absolute Gasteiger partial charge is 0.484 e. The maximum atomic E-state index is 13.3. The smallest absolute Gasteiger partial charge is 0.319 e. The van der Waals surface area contributed by atoms with Gasteiger partial charge in [0.2, 0.25) is 10.0 Å². The lowest BCUT2D eigenvalue weighted by atomic mass is 9.85. The molecular formula is C33H42N8O4S. The van der Waals surface area contributed by atoms with E-state index >= 15 is 0 Å². The highest BCUT2D eigenvalue weighted by Gasteiger charge is 2.40. The molecule has 6 rings (SSSR count). The molecule has 13 heteroatoms. The SMILES string of the molecule is CN1CCCC1(C)c1nnc2ccc(O[C@@H]3CC[C@H](NC(=O)Nc4cc(NS(C)(=O)=O)nc(C(C)(C)C)c4)c4ccccc43)cn12. The summed E-state index contributed by atoms with van der Waals surface area (Å²) in [6.07, 6.45) is 6.35. The summed E-state index contributed by atoms with van der Waals surface area (Å²) in [4.78, 5) is 20.1. The van der Waals surface area contributed by atoms with Crippen molar-refractivity contribution in [3.63, 3.8) is 0 Å². The molecule has 1 unspecified atom stereocenters. The summed E-state index contributed by atoms with van der Waals surface area (Å²) >= 11 is 0. The Labute approximate surface area is 270 Å².